The topological polar surface area (TPSA) is 102 Å². The molecule has 2 heterocycles. The molecule has 180 valence electrons. The van der Waals surface area contributed by atoms with E-state index in [4.69, 9.17) is 0 Å². The standard InChI is InChI=1S/C28H25N5O3/c34-26(14-17-33-28(36)25-9-4-3-8-24(25)27(35)31-33)29-18-22-6-1-2-7-23(22)21-12-10-20(11-13-21)19-32-16-5-15-30-32/h1-13,15-16H,14,17-19H2,(H,29,34)(H,31,35). The number of benzene rings is 3. The number of aromatic amines is 1. The molecule has 0 aliphatic rings. The number of amides is 1. The highest BCUT2D eigenvalue weighted by Gasteiger charge is 2.10. The van der Waals surface area contributed by atoms with E-state index < -0.39 is 0 Å². The van der Waals surface area contributed by atoms with Crippen LogP contribution in [0.15, 0.2) is 101 Å². The van der Waals surface area contributed by atoms with Gasteiger partial charge in [-0.25, -0.2) is 4.68 Å². The molecule has 0 fully saturated rings. The third-order valence-corrected chi connectivity index (χ3v) is 6.11. The predicted octanol–water partition coefficient (Wildman–Crippen LogP) is 3.31. The van der Waals surface area contributed by atoms with Crippen molar-refractivity contribution in [2.45, 2.75) is 26.1 Å². The van der Waals surface area contributed by atoms with Crippen molar-refractivity contribution >= 4 is 16.7 Å². The molecular weight excluding hydrogens is 454 g/mol. The molecule has 5 aromatic rings. The molecule has 0 aliphatic heterocycles. The van der Waals surface area contributed by atoms with E-state index in [9.17, 15) is 14.4 Å². The second-order valence-electron chi connectivity index (χ2n) is 8.53. The molecule has 5 rings (SSSR count). The molecule has 8 heteroatoms. The summed E-state index contributed by atoms with van der Waals surface area (Å²) in [6.07, 6.45) is 3.76. The summed E-state index contributed by atoms with van der Waals surface area (Å²) >= 11 is 0. The summed E-state index contributed by atoms with van der Waals surface area (Å²) in [6.45, 7) is 1.15. The van der Waals surface area contributed by atoms with Crippen LogP contribution in [0.4, 0.5) is 0 Å². The Kier molecular flexibility index (Phi) is 6.57. The molecule has 0 saturated carbocycles. The largest absolute Gasteiger partial charge is 0.352 e. The van der Waals surface area contributed by atoms with Gasteiger partial charge in [-0.2, -0.15) is 5.10 Å². The average molecular weight is 480 g/mol. The van der Waals surface area contributed by atoms with Crippen LogP contribution in [-0.2, 0) is 24.4 Å². The van der Waals surface area contributed by atoms with Crippen molar-refractivity contribution in [3.05, 3.63) is 123 Å². The molecule has 2 N–H and O–H groups in total. The number of hydrogen-bond donors (Lipinski definition) is 2. The summed E-state index contributed by atoms with van der Waals surface area (Å²) in [5.41, 5.74) is 3.56. The van der Waals surface area contributed by atoms with Crippen molar-refractivity contribution < 1.29 is 4.79 Å². The number of rotatable bonds is 8. The van der Waals surface area contributed by atoms with E-state index in [0.717, 1.165) is 22.3 Å². The van der Waals surface area contributed by atoms with Crippen molar-refractivity contribution in [2.75, 3.05) is 0 Å². The number of aryl methyl sites for hydroxylation is 1. The van der Waals surface area contributed by atoms with Crippen LogP contribution in [0.25, 0.3) is 21.9 Å². The number of nitrogens with zero attached hydrogens (tertiary/aromatic N) is 3. The van der Waals surface area contributed by atoms with E-state index in [1.54, 1.807) is 30.5 Å². The van der Waals surface area contributed by atoms with Gasteiger partial charge in [0.2, 0.25) is 5.91 Å². The normalized spacial score (nSPS) is 11.0. The Morgan fingerprint density at radius 1 is 0.889 bits per heavy atom. The van der Waals surface area contributed by atoms with Crippen LogP contribution < -0.4 is 16.4 Å². The van der Waals surface area contributed by atoms with E-state index in [2.05, 4.69) is 39.8 Å². The molecule has 36 heavy (non-hydrogen) atoms. The second kappa shape index (κ2) is 10.3. The third-order valence-electron chi connectivity index (χ3n) is 6.11. The highest BCUT2D eigenvalue weighted by molar-refractivity contribution is 5.80. The molecule has 0 saturated heterocycles. The van der Waals surface area contributed by atoms with Crippen molar-refractivity contribution in [1.29, 1.82) is 0 Å². The molecule has 8 nitrogen and oxygen atoms in total. The lowest BCUT2D eigenvalue weighted by atomic mass is 9.98. The van der Waals surface area contributed by atoms with E-state index in [0.29, 0.717) is 23.9 Å². The Morgan fingerprint density at radius 3 is 2.42 bits per heavy atom. The second-order valence-corrected chi connectivity index (χ2v) is 8.53. The summed E-state index contributed by atoms with van der Waals surface area (Å²) in [5, 5.41) is 10.4. The van der Waals surface area contributed by atoms with Gasteiger partial charge in [-0.05, 0) is 40.5 Å². The maximum atomic E-state index is 12.6. The van der Waals surface area contributed by atoms with Crippen molar-refractivity contribution in [3.8, 4) is 11.1 Å². The number of carbonyl (C=O) groups excluding carboxylic acids is 1. The van der Waals surface area contributed by atoms with Gasteiger partial charge >= 0.3 is 0 Å². The fourth-order valence-electron chi connectivity index (χ4n) is 4.23. The van der Waals surface area contributed by atoms with Crippen LogP contribution in [-0.4, -0.2) is 25.5 Å². The molecular formula is C28H25N5O3. The first-order valence-electron chi connectivity index (χ1n) is 11.7. The van der Waals surface area contributed by atoms with Gasteiger partial charge in [0.25, 0.3) is 11.1 Å². The molecule has 2 aromatic heterocycles. The van der Waals surface area contributed by atoms with E-state index >= 15 is 0 Å². The first kappa shape index (κ1) is 23.0. The molecule has 0 radical (unpaired) electrons. The highest BCUT2D eigenvalue weighted by Crippen LogP contribution is 2.24. The number of H-pyrrole nitrogens is 1. The van der Waals surface area contributed by atoms with Crippen LogP contribution in [0.5, 0.6) is 0 Å². The fourth-order valence-corrected chi connectivity index (χ4v) is 4.23. The van der Waals surface area contributed by atoms with Gasteiger partial charge in [0.1, 0.15) is 0 Å². The number of nitrogens with one attached hydrogen (secondary N) is 2. The van der Waals surface area contributed by atoms with Gasteiger partial charge in [-0.1, -0.05) is 60.7 Å². The van der Waals surface area contributed by atoms with Crippen molar-refractivity contribution in [2.24, 2.45) is 0 Å². The van der Waals surface area contributed by atoms with Crippen LogP contribution in [0.1, 0.15) is 17.5 Å². The lowest BCUT2D eigenvalue weighted by Gasteiger charge is -2.12. The first-order valence-corrected chi connectivity index (χ1v) is 11.7. The lowest BCUT2D eigenvalue weighted by Crippen LogP contribution is -2.32. The first-order chi connectivity index (χ1) is 17.6. The van der Waals surface area contributed by atoms with Crippen LogP contribution >= 0.6 is 0 Å². The predicted molar refractivity (Wildman–Crippen MR) is 138 cm³/mol. The zero-order valence-corrected chi connectivity index (χ0v) is 19.6. The maximum Gasteiger partial charge on any atom is 0.273 e. The van der Waals surface area contributed by atoms with Gasteiger partial charge in [-0.15, -0.1) is 0 Å². The van der Waals surface area contributed by atoms with E-state index in [-0.39, 0.29) is 30.0 Å². The third kappa shape index (κ3) is 5.02. The van der Waals surface area contributed by atoms with Gasteiger partial charge in [0.05, 0.1) is 23.9 Å². The van der Waals surface area contributed by atoms with Gasteiger partial charge in [0, 0.05) is 25.4 Å². The van der Waals surface area contributed by atoms with Gasteiger partial charge in [-0.3, -0.25) is 24.2 Å². The minimum absolute atomic E-state index is 0.0679. The fraction of sp³-hybridized carbons (Fsp3) is 0.143. The summed E-state index contributed by atoms with van der Waals surface area (Å²) in [4.78, 5) is 37.5. The maximum absolute atomic E-state index is 12.6. The Balaban J connectivity index is 1.23. The van der Waals surface area contributed by atoms with E-state index in [1.807, 2.05) is 41.2 Å². The Hall–Kier alpha value is -4.72. The zero-order valence-electron chi connectivity index (χ0n) is 19.6. The number of fused-ring (bicyclic) bond motifs is 1. The Morgan fingerprint density at radius 2 is 1.64 bits per heavy atom. The monoisotopic (exact) mass is 479 g/mol. The molecule has 0 atom stereocenters. The summed E-state index contributed by atoms with van der Waals surface area (Å²) in [7, 11) is 0. The Labute approximate surface area is 206 Å². The van der Waals surface area contributed by atoms with Gasteiger partial charge < -0.3 is 5.32 Å². The molecule has 3 aromatic carbocycles. The minimum atomic E-state index is -0.352. The smallest absolute Gasteiger partial charge is 0.273 e. The highest BCUT2D eigenvalue weighted by atomic mass is 16.2. The molecule has 0 bridgehead atoms. The Bertz CT molecular complexity index is 1620. The molecule has 0 aliphatic carbocycles. The number of carbonyl (C=O) groups is 1. The van der Waals surface area contributed by atoms with Crippen molar-refractivity contribution in [3.63, 3.8) is 0 Å². The van der Waals surface area contributed by atoms with Crippen LogP contribution in [0.3, 0.4) is 0 Å². The molecule has 0 spiro atoms. The zero-order chi connectivity index (χ0) is 24.9. The molecule has 1 amide bonds. The van der Waals surface area contributed by atoms with Crippen LogP contribution in [0.2, 0.25) is 0 Å². The van der Waals surface area contributed by atoms with Crippen molar-refractivity contribution in [1.82, 2.24) is 24.9 Å². The van der Waals surface area contributed by atoms with Crippen LogP contribution in [0, 0.1) is 0 Å². The number of aromatic nitrogens is 4. The molecule has 0 unspecified atom stereocenters. The average Bonchev–Trinajstić information content (AvgIpc) is 3.42. The minimum Gasteiger partial charge on any atom is -0.352 e. The van der Waals surface area contributed by atoms with E-state index in [1.165, 1.54) is 4.68 Å². The number of hydrogen-bond acceptors (Lipinski definition) is 4. The summed E-state index contributed by atoms with van der Waals surface area (Å²) in [5.74, 6) is -0.208. The lowest BCUT2D eigenvalue weighted by molar-refractivity contribution is -0.121. The quantitative estimate of drug-likeness (QED) is 0.357. The van der Waals surface area contributed by atoms with Gasteiger partial charge in [0.15, 0.2) is 0 Å². The summed E-state index contributed by atoms with van der Waals surface area (Å²) < 4.78 is 3.07. The summed E-state index contributed by atoms with van der Waals surface area (Å²) in [6, 6.07) is 24.8. The SMILES string of the molecule is O=C(CCn1[nH]c(=O)c2ccccc2c1=O)NCc1ccccc1-c1ccc(Cn2cccn2)cc1.